The number of aromatic nitrogens is 2. The third-order valence-electron chi connectivity index (χ3n) is 2.87. The first-order valence-electron chi connectivity index (χ1n) is 6.38. The molecule has 23 heavy (non-hydrogen) atoms. The highest BCUT2D eigenvalue weighted by Crippen LogP contribution is 2.34. The highest BCUT2D eigenvalue weighted by molar-refractivity contribution is 5.76. The number of methoxy groups -OCH3 is 1. The molecular formula is C14H14N6O3. The molecule has 0 unspecified atom stereocenters. The van der Waals surface area contributed by atoms with Gasteiger partial charge < -0.3 is 26.7 Å². The van der Waals surface area contributed by atoms with E-state index in [9.17, 15) is 10.1 Å². The van der Waals surface area contributed by atoms with E-state index in [0.29, 0.717) is 17.1 Å². The predicted octanol–water partition coefficient (Wildman–Crippen LogP) is 0.0524. The summed E-state index contributed by atoms with van der Waals surface area (Å²) in [4.78, 5) is 18.6. The van der Waals surface area contributed by atoms with E-state index < -0.39 is 5.91 Å². The van der Waals surface area contributed by atoms with E-state index in [1.54, 1.807) is 18.2 Å². The first kappa shape index (κ1) is 15.8. The third kappa shape index (κ3) is 3.38. The van der Waals surface area contributed by atoms with Crippen LogP contribution in [0.2, 0.25) is 0 Å². The van der Waals surface area contributed by atoms with Gasteiger partial charge in [-0.2, -0.15) is 10.2 Å². The maximum absolute atomic E-state index is 10.8. The van der Waals surface area contributed by atoms with Crippen LogP contribution in [-0.2, 0) is 4.79 Å². The SMILES string of the molecule is COc1cc(-c2nc(N)nc(N)c2C#N)ccc1OCC(N)=O. The molecule has 0 aliphatic heterocycles. The van der Waals surface area contributed by atoms with E-state index >= 15 is 0 Å². The Kier molecular flexibility index (Phi) is 4.47. The number of nitrogen functional groups attached to an aromatic ring is 2. The molecule has 1 amide bonds. The van der Waals surface area contributed by atoms with E-state index in [-0.39, 0.29) is 29.6 Å². The number of carbonyl (C=O) groups is 1. The van der Waals surface area contributed by atoms with Crippen molar-refractivity contribution in [2.45, 2.75) is 0 Å². The highest BCUT2D eigenvalue weighted by Gasteiger charge is 2.15. The van der Waals surface area contributed by atoms with Gasteiger partial charge in [0, 0.05) is 5.56 Å². The number of ether oxygens (including phenoxy) is 2. The number of amides is 1. The Morgan fingerprint density at radius 2 is 2.04 bits per heavy atom. The van der Waals surface area contributed by atoms with Gasteiger partial charge in [0.1, 0.15) is 17.5 Å². The standard InChI is InChI=1S/C14H14N6O3/c1-22-10-4-7(2-3-9(10)23-6-11(16)21)12-8(5-15)13(17)20-14(18)19-12/h2-4H,6H2,1H3,(H2,16,21)(H4,17,18,19,20). The molecule has 2 rings (SSSR count). The molecule has 2 aromatic rings. The number of nitriles is 1. The topological polar surface area (TPSA) is 163 Å². The van der Waals surface area contributed by atoms with Crippen LogP contribution in [0.4, 0.5) is 11.8 Å². The summed E-state index contributed by atoms with van der Waals surface area (Å²) in [5, 5.41) is 9.22. The Hall–Kier alpha value is -3.54. The molecule has 0 saturated heterocycles. The summed E-state index contributed by atoms with van der Waals surface area (Å²) in [5.74, 6) is -0.0151. The summed E-state index contributed by atoms with van der Waals surface area (Å²) in [6.07, 6.45) is 0. The molecule has 1 aromatic carbocycles. The van der Waals surface area contributed by atoms with Crippen molar-refractivity contribution in [2.24, 2.45) is 5.73 Å². The smallest absolute Gasteiger partial charge is 0.255 e. The molecule has 0 saturated carbocycles. The molecule has 6 N–H and O–H groups in total. The van der Waals surface area contributed by atoms with Crippen molar-refractivity contribution < 1.29 is 14.3 Å². The second kappa shape index (κ2) is 6.48. The first-order valence-corrected chi connectivity index (χ1v) is 6.38. The first-order chi connectivity index (χ1) is 11.0. The Balaban J connectivity index is 2.50. The zero-order valence-electron chi connectivity index (χ0n) is 12.2. The Labute approximate surface area is 131 Å². The number of rotatable bonds is 5. The second-order valence-electron chi connectivity index (χ2n) is 4.42. The quantitative estimate of drug-likeness (QED) is 0.696. The van der Waals surface area contributed by atoms with E-state index in [1.165, 1.54) is 7.11 Å². The van der Waals surface area contributed by atoms with Crippen molar-refractivity contribution in [1.82, 2.24) is 9.97 Å². The van der Waals surface area contributed by atoms with Crippen LogP contribution in [0.3, 0.4) is 0 Å². The molecule has 0 aliphatic rings. The molecule has 118 valence electrons. The number of anilines is 2. The van der Waals surface area contributed by atoms with Gasteiger partial charge in [-0.25, -0.2) is 4.98 Å². The lowest BCUT2D eigenvalue weighted by molar-refractivity contribution is -0.119. The van der Waals surface area contributed by atoms with Crippen LogP contribution in [-0.4, -0.2) is 29.6 Å². The average Bonchev–Trinajstić information content (AvgIpc) is 2.52. The van der Waals surface area contributed by atoms with Crippen LogP contribution < -0.4 is 26.7 Å². The van der Waals surface area contributed by atoms with Crippen molar-refractivity contribution in [3.05, 3.63) is 23.8 Å². The Bertz CT molecular complexity index is 800. The second-order valence-corrected chi connectivity index (χ2v) is 4.42. The van der Waals surface area contributed by atoms with Gasteiger partial charge in [-0.3, -0.25) is 4.79 Å². The van der Waals surface area contributed by atoms with E-state index in [2.05, 4.69) is 9.97 Å². The summed E-state index contributed by atoms with van der Waals surface area (Å²) in [7, 11) is 1.43. The van der Waals surface area contributed by atoms with Crippen molar-refractivity contribution in [2.75, 3.05) is 25.2 Å². The predicted molar refractivity (Wildman–Crippen MR) is 82.2 cm³/mol. The van der Waals surface area contributed by atoms with Crippen molar-refractivity contribution in [3.63, 3.8) is 0 Å². The van der Waals surface area contributed by atoms with Gasteiger partial charge in [-0.15, -0.1) is 0 Å². The lowest BCUT2D eigenvalue weighted by Gasteiger charge is -2.12. The van der Waals surface area contributed by atoms with Gasteiger partial charge >= 0.3 is 0 Å². The average molecular weight is 314 g/mol. The Morgan fingerprint density at radius 3 is 2.65 bits per heavy atom. The summed E-state index contributed by atoms with van der Waals surface area (Å²) in [6, 6.07) is 6.71. The summed E-state index contributed by atoms with van der Waals surface area (Å²) >= 11 is 0. The van der Waals surface area contributed by atoms with E-state index in [0.717, 1.165) is 0 Å². The zero-order valence-corrected chi connectivity index (χ0v) is 12.2. The van der Waals surface area contributed by atoms with E-state index in [1.807, 2.05) is 6.07 Å². The van der Waals surface area contributed by atoms with Gasteiger partial charge in [0.25, 0.3) is 5.91 Å². The minimum atomic E-state index is -0.612. The molecule has 9 nitrogen and oxygen atoms in total. The summed E-state index contributed by atoms with van der Waals surface area (Å²) < 4.78 is 10.4. The zero-order chi connectivity index (χ0) is 17.0. The van der Waals surface area contributed by atoms with Crippen LogP contribution in [0.1, 0.15) is 5.56 Å². The molecule has 1 heterocycles. The van der Waals surface area contributed by atoms with Gasteiger partial charge in [-0.05, 0) is 18.2 Å². The normalized spacial score (nSPS) is 9.91. The number of primary amides is 1. The number of hydrogen-bond donors (Lipinski definition) is 3. The maximum atomic E-state index is 10.8. The number of hydrogen-bond acceptors (Lipinski definition) is 8. The van der Waals surface area contributed by atoms with Gasteiger partial charge in [0.15, 0.2) is 18.1 Å². The number of benzene rings is 1. The Morgan fingerprint density at radius 1 is 1.30 bits per heavy atom. The summed E-state index contributed by atoms with van der Waals surface area (Å²) in [5.41, 5.74) is 17.2. The molecule has 1 aromatic heterocycles. The van der Waals surface area contributed by atoms with E-state index in [4.69, 9.17) is 26.7 Å². The molecule has 0 aliphatic carbocycles. The minimum Gasteiger partial charge on any atom is -0.493 e. The lowest BCUT2D eigenvalue weighted by atomic mass is 10.1. The van der Waals surface area contributed by atoms with Crippen LogP contribution in [0, 0.1) is 11.3 Å². The maximum Gasteiger partial charge on any atom is 0.255 e. The fourth-order valence-corrected chi connectivity index (χ4v) is 1.90. The molecule has 0 atom stereocenters. The number of nitrogens with zero attached hydrogens (tertiary/aromatic N) is 3. The summed E-state index contributed by atoms with van der Waals surface area (Å²) in [6.45, 7) is -0.285. The molecule has 0 radical (unpaired) electrons. The molecule has 0 fully saturated rings. The largest absolute Gasteiger partial charge is 0.493 e. The van der Waals surface area contributed by atoms with Crippen molar-refractivity contribution >= 4 is 17.7 Å². The molecule has 0 bridgehead atoms. The lowest BCUT2D eigenvalue weighted by Crippen LogP contribution is -2.20. The number of nitrogens with two attached hydrogens (primary N) is 3. The van der Waals surface area contributed by atoms with Crippen molar-refractivity contribution in [1.29, 1.82) is 5.26 Å². The third-order valence-corrected chi connectivity index (χ3v) is 2.87. The molecule has 0 spiro atoms. The fourth-order valence-electron chi connectivity index (χ4n) is 1.90. The fraction of sp³-hybridized carbons (Fsp3) is 0.143. The number of carbonyl (C=O) groups excluding carboxylic acids is 1. The molecular weight excluding hydrogens is 300 g/mol. The van der Waals surface area contributed by atoms with Gasteiger partial charge in [0.05, 0.1) is 12.8 Å². The van der Waals surface area contributed by atoms with Crippen LogP contribution >= 0.6 is 0 Å². The van der Waals surface area contributed by atoms with Gasteiger partial charge in [0.2, 0.25) is 5.95 Å². The van der Waals surface area contributed by atoms with Crippen LogP contribution in [0.15, 0.2) is 18.2 Å². The highest BCUT2D eigenvalue weighted by atomic mass is 16.5. The van der Waals surface area contributed by atoms with Crippen LogP contribution in [0.5, 0.6) is 11.5 Å². The monoisotopic (exact) mass is 314 g/mol. The van der Waals surface area contributed by atoms with Gasteiger partial charge in [-0.1, -0.05) is 0 Å². The minimum absolute atomic E-state index is 0.0111. The van der Waals surface area contributed by atoms with Crippen molar-refractivity contribution in [3.8, 4) is 28.8 Å². The van der Waals surface area contributed by atoms with Crippen LogP contribution in [0.25, 0.3) is 11.3 Å². The molecule has 9 heteroatoms.